The normalized spacial score (nSPS) is 14.0. The summed E-state index contributed by atoms with van der Waals surface area (Å²) >= 11 is 10.5. The molecular weight excluding hydrogens is 313 g/mol. The smallest absolute Gasteiger partial charge is 0.311 e. The number of hydrogen-bond acceptors (Lipinski definition) is 4. The Morgan fingerprint density at radius 3 is 2.57 bits per heavy atom. The van der Waals surface area contributed by atoms with Crippen LogP contribution in [0, 0.1) is 11.2 Å². The van der Waals surface area contributed by atoms with Crippen molar-refractivity contribution >= 4 is 34.9 Å². The summed E-state index contributed by atoms with van der Waals surface area (Å²) in [5.74, 6) is -0.904. The van der Waals surface area contributed by atoms with Crippen molar-refractivity contribution in [3.05, 3.63) is 34.6 Å². The molecule has 0 N–H and O–H groups in total. The summed E-state index contributed by atoms with van der Waals surface area (Å²) in [6.07, 6.45) is 0. The van der Waals surface area contributed by atoms with Crippen LogP contribution in [0.3, 0.4) is 0 Å². The molecule has 3 nitrogen and oxygen atoms in total. The van der Waals surface area contributed by atoms with Crippen LogP contribution in [0.5, 0.6) is 0 Å². The molecule has 1 atom stereocenters. The summed E-state index contributed by atoms with van der Waals surface area (Å²) < 4.78 is 19.3. The topological polar surface area (TPSA) is 38.7 Å². The molecule has 0 aromatic heterocycles. The fraction of sp³-hybridized carbons (Fsp3) is 0.467. The van der Waals surface area contributed by atoms with Gasteiger partial charge in [0.05, 0.1) is 10.6 Å². The first-order valence-corrected chi connectivity index (χ1v) is 7.10. The van der Waals surface area contributed by atoms with Gasteiger partial charge in [-0.05, 0) is 58.1 Å². The second-order valence-corrected chi connectivity index (χ2v) is 6.55. The number of isothiocyanates is 1. The molecule has 1 unspecified atom stereocenters. The van der Waals surface area contributed by atoms with Crippen LogP contribution >= 0.6 is 23.8 Å². The molecule has 1 aromatic carbocycles. The van der Waals surface area contributed by atoms with Crippen molar-refractivity contribution in [1.82, 2.24) is 0 Å². The first-order chi connectivity index (χ1) is 9.60. The van der Waals surface area contributed by atoms with Crippen LogP contribution in [0.4, 0.5) is 4.39 Å². The van der Waals surface area contributed by atoms with Crippen molar-refractivity contribution in [2.75, 3.05) is 6.61 Å². The van der Waals surface area contributed by atoms with E-state index in [-0.39, 0.29) is 12.2 Å². The maximum absolute atomic E-state index is 14.0. The Morgan fingerprint density at radius 1 is 1.43 bits per heavy atom. The van der Waals surface area contributed by atoms with Crippen LogP contribution in [0.25, 0.3) is 0 Å². The molecule has 0 amide bonds. The molecule has 0 aliphatic carbocycles. The zero-order valence-corrected chi connectivity index (χ0v) is 13.9. The summed E-state index contributed by atoms with van der Waals surface area (Å²) in [6.45, 7) is 6.65. The maximum Gasteiger partial charge on any atom is 0.311 e. The van der Waals surface area contributed by atoms with Crippen molar-refractivity contribution in [3.63, 3.8) is 0 Å². The van der Waals surface area contributed by atoms with Crippen LogP contribution in [-0.4, -0.2) is 17.7 Å². The molecule has 0 fully saturated rings. The van der Waals surface area contributed by atoms with Gasteiger partial charge in [-0.3, -0.25) is 4.79 Å². The van der Waals surface area contributed by atoms with E-state index in [1.54, 1.807) is 27.7 Å². The van der Waals surface area contributed by atoms with Crippen molar-refractivity contribution in [1.29, 1.82) is 0 Å². The average molecular weight is 330 g/mol. The number of rotatable bonds is 4. The van der Waals surface area contributed by atoms with Gasteiger partial charge in [-0.25, -0.2) is 9.38 Å². The van der Waals surface area contributed by atoms with Gasteiger partial charge in [-0.1, -0.05) is 11.6 Å². The van der Waals surface area contributed by atoms with Crippen molar-refractivity contribution in [3.8, 4) is 0 Å². The van der Waals surface area contributed by atoms with Crippen LogP contribution in [0.2, 0.25) is 5.02 Å². The minimum atomic E-state index is -1.17. The number of halogens is 2. The van der Waals surface area contributed by atoms with Crippen LogP contribution < -0.4 is 0 Å². The number of benzene rings is 1. The van der Waals surface area contributed by atoms with Crippen molar-refractivity contribution < 1.29 is 13.9 Å². The predicted molar refractivity (Wildman–Crippen MR) is 84.2 cm³/mol. The second kappa shape index (κ2) is 6.65. The highest BCUT2D eigenvalue weighted by molar-refractivity contribution is 7.78. The third-order valence-corrected chi connectivity index (χ3v) is 3.22. The van der Waals surface area contributed by atoms with Crippen LogP contribution in [-0.2, 0) is 15.1 Å². The Morgan fingerprint density at radius 2 is 2.05 bits per heavy atom. The van der Waals surface area contributed by atoms with E-state index in [2.05, 4.69) is 22.4 Å². The number of hydrogen-bond donors (Lipinski definition) is 0. The number of ether oxygens (including phenoxy) is 1. The number of thiocarbonyl (C=S) groups is 1. The van der Waals surface area contributed by atoms with E-state index in [0.29, 0.717) is 5.02 Å². The van der Waals surface area contributed by atoms with Gasteiger partial charge < -0.3 is 4.74 Å². The van der Waals surface area contributed by atoms with Crippen LogP contribution in [0.1, 0.15) is 33.3 Å². The van der Waals surface area contributed by atoms with Gasteiger partial charge in [0.1, 0.15) is 18.0 Å². The van der Waals surface area contributed by atoms with Gasteiger partial charge in [0.2, 0.25) is 0 Å². The van der Waals surface area contributed by atoms with E-state index in [4.69, 9.17) is 16.3 Å². The summed E-state index contributed by atoms with van der Waals surface area (Å²) in [6, 6.07) is 4.11. The Kier molecular flexibility index (Phi) is 5.62. The lowest BCUT2D eigenvalue weighted by Crippen LogP contribution is -2.32. The number of aliphatic imine (C=N–C) groups is 1. The number of carbonyl (C=O) groups excluding carboxylic acids is 1. The van der Waals surface area contributed by atoms with E-state index in [1.807, 2.05) is 0 Å². The number of carbonyl (C=O) groups is 1. The van der Waals surface area contributed by atoms with Crippen molar-refractivity contribution in [2.24, 2.45) is 10.4 Å². The molecule has 0 saturated carbocycles. The third-order valence-electron chi connectivity index (χ3n) is 2.90. The highest BCUT2D eigenvalue weighted by atomic mass is 35.5. The van der Waals surface area contributed by atoms with Gasteiger partial charge in [0.15, 0.2) is 0 Å². The standard InChI is InChI=1S/C15H17ClFNO2S/c1-14(2,3)13(19)20-8-15(4,18-9-21)11-7-10(16)5-6-12(11)17/h5-7H,8H2,1-4H3. The molecule has 0 radical (unpaired) electrons. The zero-order chi connectivity index (χ0) is 16.3. The lowest BCUT2D eigenvalue weighted by molar-refractivity contribution is -0.154. The van der Waals surface area contributed by atoms with Gasteiger partial charge in [0, 0.05) is 10.6 Å². The number of nitrogens with zero attached hydrogens (tertiary/aromatic N) is 1. The second-order valence-electron chi connectivity index (χ2n) is 5.93. The molecule has 6 heteroatoms. The van der Waals surface area contributed by atoms with Gasteiger partial charge in [-0.2, -0.15) is 0 Å². The van der Waals surface area contributed by atoms with E-state index in [0.717, 1.165) is 0 Å². The number of esters is 1. The molecule has 0 aliphatic heterocycles. The molecule has 1 rings (SSSR count). The quantitative estimate of drug-likeness (QED) is 0.467. The van der Waals surface area contributed by atoms with Gasteiger partial charge >= 0.3 is 5.97 Å². The SMILES string of the molecule is CC(C)(C)C(=O)OCC(C)(N=C=S)c1cc(Cl)ccc1F. The summed E-state index contributed by atoms with van der Waals surface area (Å²) in [5, 5.41) is 2.58. The summed E-state index contributed by atoms with van der Waals surface area (Å²) in [7, 11) is 0. The molecule has 21 heavy (non-hydrogen) atoms. The molecule has 0 saturated heterocycles. The Balaban J connectivity index is 3.12. The highest BCUT2D eigenvalue weighted by Gasteiger charge is 2.33. The molecule has 0 heterocycles. The molecule has 0 bridgehead atoms. The molecule has 0 aliphatic rings. The molecular formula is C15H17ClFNO2S. The Bertz CT molecular complexity index is 594. The van der Waals surface area contributed by atoms with Gasteiger partial charge in [-0.15, -0.1) is 0 Å². The van der Waals surface area contributed by atoms with Crippen molar-refractivity contribution in [2.45, 2.75) is 33.2 Å². The predicted octanol–water partition coefficient (Wildman–Crippen LogP) is 4.39. The minimum absolute atomic E-state index is 0.149. The van der Waals surface area contributed by atoms with E-state index in [9.17, 15) is 9.18 Å². The average Bonchev–Trinajstić information content (AvgIpc) is 2.38. The molecule has 0 spiro atoms. The first kappa shape index (κ1) is 17.8. The Labute approximate surface area is 134 Å². The van der Waals surface area contributed by atoms with Gasteiger partial charge in [0.25, 0.3) is 0 Å². The lowest BCUT2D eigenvalue weighted by atomic mass is 9.92. The largest absolute Gasteiger partial charge is 0.462 e. The third kappa shape index (κ3) is 4.60. The Hall–Kier alpha value is -1.29. The monoisotopic (exact) mass is 329 g/mol. The highest BCUT2D eigenvalue weighted by Crippen LogP contribution is 2.31. The molecule has 114 valence electrons. The minimum Gasteiger partial charge on any atom is -0.462 e. The molecule has 1 aromatic rings. The maximum atomic E-state index is 14.0. The lowest BCUT2D eigenvalue weighted by Gasteiger charge is -2.26. The summed E-state index contributed by atoms with van der Waals surface area (Å²) in [4.78, 5) is 15.8. The summed E-state index contributed by atoms with van der Waals surface area (Å²) in [5.41, 5.74) is -1.62. The van der Waals surface area contributed by atoms with E-state index in [1.165, 1.54) is 18.2 Å². The zero-order valence-electron chi connectivity index (χ0n) is 12.4. The van der Waals surface area contributed by atoms with Crippen LogP contribution in [0.15, 0.2) is 23.2 Å². The van der Waals surface area contributed by atoms with E-state index >= 15 is 0 Å². The van der Waals surface area contributed by atoms with E-state index < -0.39 is 22.7 Å². The first-order valence-electron chi connectivity index (χ1n) is 6.32. The fourth-order valence-corrected chi connectivity index (χ4v) is 1.98. The fourth-order valence-electron chi connectivity index (χ4n) is 1.60.